The molecule has 0 unspecified atom stereocenters. The highest BCUT2D eigenvalue weighted by Crippen LogP contribution is 2.15. The molecule has 2 rings (SSSR count). The van der Waals surface area contributed by atoms with Crippen LogP contribution in [-0.4, -0.2) is 41.2 Å². The van der Waals surface area contributed by atoms with Gasteiger partial charge in [-0.15, -0.1) is 0 Å². The molecule has 1 saturated heterocycles. The number of oxime groups is 1. The van der Waals surface area contributed by atoms with E-state index in [1.54, 1.807) is 0 Å². The molecule has 0 radical (unpaired) electrons. The second-order valence-electron chi connectivity index (χ2n) is 5.14. The molecule has 1 aliphatic rings. The van der Waals surface area contributed by atoms with Crippen LogP contribution in [0.25, 0.3) is 0 Å². The summed E-state index contributed by atoms with van der Waals surface area (Å²) in [5.41, 5.74) is 7.51. The maximum atomic E-state index is 8.71. The average molecular weight is 263 g/mol. The first kappa shape index (κ1) is 13.8. The van der Waals surface area contributed by atoms with Crippen LogP contribution in [0.3, 0.4) is 0 Å². The van der Waals surface area contributed by atoms with Gasteiger partial charge in [0.15, 0.2) is 5.84 Å². The number of hydrogen-bond acceptors (Lipinski definition) is 4. The number of amidine groups is 1. The van der Waals surface area contributed by atoms with Crippen molar-refractivity contribution in [2.75, 3.05) is 13.1 Å². The van der Waals surface area contributed by atoms with E-state index in [4.69, 9.17) is 15.7 Å². The summed E-state index contributed by atoms with van der Waals surface area (Å²) in [5, 5.41) is 11.7. The Kier molecular flexibility index (Phi) is 4.39. The molecule has 104 valence electrons. The van der Waals surface area contributed by atoms with Crippen LogP contribution in [0.4, 0.5) is 0 Å². The molecule has 0 aromatic heterocycles. The van der Waals surface area contributed by atoms with Crippen molar-refractivity contribution in [2.45, 2.75) is 32.6 Å². The third-order valence-corrected chi connectivity index (χ3v) is 3.23. The predicted molar refractivity (Wildman–Crippen MR) is 74.2 cm³/mol. The molecule has 19 heavy (non-hydrogen) atoms. The van der Waals surface area contributed by atoms with Gasteiger partial charge in [0.2, 0.25) is 0 Å². The van der Waals surface area contributed by atoms with Gasteiger partial charge in [0.05, 0.1) is 12.2 Å². The van der Waals surface area contributed by atoms with Crippen molar-refractivity contribution in [2.24, 2.45) is 10.9 Å². The molecule has 3 N–H and O–H groups in total. The van der Waals surface area contributed by atoms with Crippen molar-refractivity contribution in [3.05, 3.63) is 35.4 Å². The van der Waals surface area contributed by atoms with E-state index in [1.807, 2.05) is 18.2 Å². The quantitative estimate of drug-likeness (QED) is 0.374. The first-order valence-corrected chi connectivity index (χ1v) is 6.53. The van der Waals surface area contributed by atoms with Crippen LogP contribution in [0.5, 0.6) is 0 Å². The Labute approximate surface area is 113 Å². The van der Waals surface area contributed by atoms with Crippen LogP contribution in [0.2, 0.25) is 0 Å². The second-order valence-corrected chi connectivity index (χ2v) is 5.14. The minimum absolute atomic E-state index is 0.144. The van der Waals surface area contributed by atoms with Gasteiger partial charge in [0.1, 0.15) is 0 Å². The third kappa shape index (κ3) is 3.68. The summed E-state index contributed by atoms with van der Waals surface area (Å²) in [6, 6.07) is 7.78. The van der Waals surface area contributed by atoms with Crippen molar-refractivity contribution in [1.29, 1.82) is 0 Å². The maximum Gasteiger partial charge on any atom is 0.170 e. The highest BCUT2D eigenvalue weighted by atomic mass is 16.5. The van der Waals surface area contributed by atoms with Gasteiger partial charge in [-0.25, -0.2) is 0 Å². The molecule has 1 aliphatic heterocycles. The molecule has 5 heteroatoms. The molecule has 0 bridgehead atoms. The topological polar surface area (TPSA) is 71.1 Å². The summed E-state index contributed by atoms with van der Waals surface area (Å²) in [6.07, 6.45) is 0.520. The zero-order valence-corrected chi connectivity index (χ0v) is 11.4. The number of morpholine rings is 1. The molecular formula is C14H21N3O2. The average Bonchev–Trinajstić information content (AvgIpc) is 2.37. The lowest BCUT2D eigenvalue weighted by Gasteiger charge is -2.35. The number of hydrogen-bond donors (Lipinski definition) is 2. The van der Waals surface area contributed by atoms with Gasteiger partial charge in [-0.05, 0) is 25.5 Å². The van der Waals surface area contributed by atoms with E-state index in [2.05, 4.69) is 30.0 Å². The lowest BCUT2D eigenvalue weighted by atomic mass is 10.1. The van der Waals surface area contributed by atoms with Crippen LogP contribution < -0.4 is 5.73 Å². The summed E-state index contributed by atoms with van der Waals surface area (Å²) in [5.74, 6) is 0.144. The van der Waals surface area contributed by atoms with Crippen molar-refractivity contribution in [3.8, 4) is 0 Å². The van der Waals surface area contributed by atoms with Crippen molar-refractivity contribution in [3.63, 3.8) is 0 Å². The molecule has 2 atom stereocenters. The normalized spacial score (nSPS) is 25.5. The van der Waals surface area contributed by atoms with E-state index in [9.17, 15) is 0 Å². The Bertz CT molecular complexity index is 452. The third-order valence-electron chi connectivity index (χ3n) is 3.23. The van der Waals surface area contributed by atoms with E-state index in [0.717, 1.165) is 30.8 Å². The highest BCUT2D eigenvalue weighted by Gasteiger charge is 2.22. The number of nitrogens with zero attached hydrogens (tertiary/aromatic N) is 2. The molecule has 0 aliphatic carbocycles. The summed E-state index contributed by atoms with van der Waals surface area (Å²) in [7, 11) is 0. The largest absolute Gasteiger partial charge is 0.409 e. The zero-order chi connectivity index (χ0) is 13.8. The van der Waals surface area contributed by atoms with E-state index in [0.29, 0.717) is 0 Å². The standard InChI is InChI=1S/C14H21N3O2/c1-10-7-17(8-11(2)19-10)9-12-4-3-5-13(6-12)14(15)16-18/h3-6,10-11,18H,7-9H2,1-2H3,(H2,15,16)/t10-,11+. The van der Waals surface area contributed by atoms with Gasteiger partial charge in [-0.3, -0.25) is 4.90 Å². The molecule has 1 fully saturated rings. The molecule has 1 aromatic rings. The second kappa shape index (κ2) is 6.04. The molecule has 0 spiro atoms. The Hall–Kier alpha value is -1.59. The summed E-state index contributed by atoms with van der Waals surface area (Å²) in [4.78, 5) is 2.37. The van der Waals surface area contributed by atoms with Gasteiger partial charge in [-0.1, -0.05) is 23.4 Å². The van der Waals surface area contributed by atoms with Crippen LogP contribution in [0.15, 0.2) is 29.4 Å². The number of nitrogens with two attached hydrogens (primary N) is 1. The molecular weight excluding hydrogens is 242 g/mol. The Morgan fingerprint density at radius 1 is 1.42 bits per heavy atom. The summed E-state index contributed by atoms with van der Waals surface area (Å²) in [6.45, 7) is 6.89. The van der Waals surface area contributed by atoms with Gasteiger partial charge < -0.3 is 15.7 Å². The number of ether oxygens (including phenoxy) is 1. The highest BCUT2D eigenvalue weighted by molar-refractivity contribution is 5.97. The lowest BCUT2D eigenvalue weighted by Crippen LogP contribution is -2.44. The minimum Gasteiger partial charge on any atom is -0.409 e. The maximum absolute atomic E-state index is 8.71. The Balaban J connectivity index is 2.06. The summed E-state index contributed by atoms with van der Waals surface area (Å²) < 4.78 is 5.72. The van der Waals surface area contributed by atoms with Gasteiger partial charge in [0, 0.05) is 25.2 Å². The molecule has 0 saturated carbocycles. The van der Waals surface area contributed by atoms with Crippen LogP contribution in [-0.2, 0) is 11.3 Å². The lowest BCUT2D eigenvalue weighted by molar-refractivity contribution is -0.0704. The fourth-order valence-electron chi connectivity index (χ4n) is 2.56. The fourth-order valence-corrected chi connectivity index (χ4v) is 2.56. The van der Waals surface area contributed by atoms with Gasteiger partial charge in [0.25, 0.3) is 0 Å². The monoisotopic (exact) mass is 263 g/mol. The first-order valence-electron chi connectivity index (χ1n) is 6.53. The minimum atomic E-state index is 0.144. The Morgan fingerprint density at radius 2 is 2.11 bits per heavy atom. The van der Waals surface area contributed by atoms with E-state index >= 15 is 0 Å². The smallest absolute Gasteiger partial charge is 0.170 e. The fraction of sp³-hybridized carbons (Fsp3) is 0.500. The Morgan fingerprint density at radius 3 is 2.74 bits per heavy atom. The van der Waals surface area contributed by atoms with Crippen molar-refractivity contribution < 1.29 is 9.94 Å². The van der Waals surface area contributed by atoms with Crippen molar-refractivity contribution in [1.82, 2.24) is 4.90 Å². The number of benzene rings is 1. The van der Waals surface area contributed by atoms with E-state index in [1.165, 1.54) is 0 Å². The van der Waals surface area contributed by atoms with E-state index in [-0.39, 0.29) is 18.0 Å². The van der Waals surface area contributed by atoms with Gasteiger partial charge in [-0.2, -0.15) is 0 Å². The SMILES string of the molecule is C[C@@H]1CN(Cc2cccc(/C(N)=N/O)c2)C[C@H](C)O1. The summed E-state index contributed by atoms with van der Waals surface area (Å²) >= 11 is 0. The van der Waals surface area contributed by atoms with Crippen LogP contribution >= 0.6 is 0 Å². The molecule has 1 heterocycles. The van der Waals surface area contributed by atoms with Crippen LogP contribution in [0.1, 0.15) is 25.0 Å². The number of rotatable bonds is 3. The first-order chi connectivity index (χ1) is 9.08. The zero-order valence-electron chi connectivity index (χ0n) is 11.4. The molecule has 5 nitrogen and oxygen atoms in total. The van der Waals surface area contributed by atoms with Gasteiger partial charge >= 0.3 is 0 Å². The molecule has 1 aromatic carbocycles. The predicted octanol–water partition coefficient (Wildman–Crippen LogP) is 1.39. The van der Waals surface area contributed by atoms with Crippen molar-refractivity contribution >= 4 is 5.84 Å². The van der Waals surface area contributed by atoms with E-state index < -0.39 is 0 Å². The molecule has 0 amide bonds. The van der Waals surface area contributed by atoms with Crippen LogP contribution in [0, 0.1) is 0 Å².